The van der Waals surface area contributed by atoms with Crippen molar-refractivity contribution in [2.45, 2.75) is 20.8 Å². The fourth-order valence-corrected chi connectivity index (χ4v) is 1.47. The van der Waals surface area contributed by atoms with Gasteiger partial charge in [-0.1, -0.05) is 26.7 Å². The molecular weight excluding hydrogens is 244 g/mol. The summed E-state index contributed by atoms with van der Waals surface area (Å²) in [6.07, 6.45) is 6.85. The number of hydrogen-bond acceptors (Lipinski definition) is 4. The second-order valence-corrected chi connectivity index (χ2v) is 5.15. The van der Waals surface area contributed by atoms with Crippen LogP contribution in [-0.4, -0.2) is 26.0 Å². The van der Waals surface area contributed by atoms with Crippen LogP contribution in [0.5, 0.6) is 5.88 Å². The Morgan fingerprint density at radius 1 is 1.47 bits per heavy atom. The lowest BCUT2D eigenvalue weighted by Crippen LogP contribution is -2.28. The highest BCUT2D eigenvalue weighted by molar-refractivity contribution is 5.95. The number of H-pyrrole nitrogens is 1. The van der Waals surface area contributed by atoms with Gasteiger partial charge in [-0.3, -0.25) is 10.1 Å². The van der Waals surface area contributed by atoms with Gasteiger partial charge in [0.1, 0.15) is 5.65 Å². The Hall–Kier alpha value is -2.55. The highest BCUT2D eigenvalue weighted by Gasteiger charge is 2.23. The molecule has 0 aliphatic rings. The molecule has 0 saturated carbocycles. The van der Waals surface area contributed by atoms with Crippen LogP contribution in [0.2, 0.25) is 0 Å². The predicted octanol–water partition coefficient (Wildman–Crippen LogP) is 1.63. The maximum atomic E-state index is 11.8. The summed E-state index contributed by atoms with van der Waals surface area (Å²) >= 11 is 0. The Labute approximate surface area is 110 Å². The van der Waals surface area contributed by atoms with Crippen LogP contribution in [0, 0.1) is 17.8 Å². The van der Waals surface area contributed by atoms with Gasteiger partial charge in [0.15, 0.2) is 0 Å². The Morgan fingerprint density at radius 3 is 2.74 bits per heavy atom. The number of hydrogen-bond donors (Lipinski definition) is 3. The van der Waals surface area contributed by atoms with Gasteiger partial charge in [0.25, 0.3) is 0 Å². The Bertz CT molecular complexity index is 689. The fraction of sp³-hybridized carbons (Fsp3) is 0.308. The number of amides is 1. The molecule has 6 heteroatoms. The highest BCUT2D eigenvalue weighted by Crippen LogP contribution is 2.26. The Kier molecular flexibility index (Phi) is 2.91. The van der Waals surface area contributed by atoms with Gasteiger partial charge in [-0.25, -0.2) is 0 Å². The smallest absolute Gasteiger partial charge is 0.234 e. The van der Waals surface area contributed by atoms with E-state index in [2.05, 4.69) is 26.2 Å². The molecule has 2 rings (SSSR count). The molecule has 1 amide bonds. The van der Waals surface area contributed by atoms with Crippen molar-refractivity contribution in [1.82, 2.24) is 15.0 Å². The van der Waals surface area contributed by atoms with Gasteiger partial charge < -0.3 is 10.1 Å². The summed E-state index contributed by atoms with van der Waals surface area (Å²) in [5.41, 5.74) is 0.277. The van der Waals surface area contributed by atoms with E-state index in [-0.39, 0.29) is 17.7 Å². The molecule has 0 radical (unpaired) electrons. The summed E-state index contributed by atoms with van der Waals surface area (Å²) in [5.74, 6) is 1.95. The summed E-state index contributed by atoms with van der Waals surface area (Å²) in [4.78, 5) is 22.6. The SMILES string of the molecule is C#Cc1c[nH]c2nc(NC(=O)C(C)(C)C)nc(O)c12. The lowest BCUT2D eigenvalue weighted by atomic mass is 9.96. The molecule has 0 unspecified atom stereocenters. The topological polar surface area (TPSA) is 90.9 Å². The van der Waals surface area contributed by atoms with Crippen molar-refractivity contribution in [2.24, 2.45) is 5.41 Å². The van der Waals surface area contributed by atoms with Crippen molar-refractivity contribution >= 4 is 22.9 Å². The zero-order valence-corrected chi connectivity index (χ0v) is 10.9. The first kappa shape index (κ1) is 12.9. The Morgan fingerprint density at radius 2 is 2.16 bits per heavy atom. The van der Waals surface area contributed by atoms with E-state index in [9.17, 15) is 9.90 Å². The average molecular weight is 258 g/mol. The van der Waals surface area contributed by atoms with E-state index in [0.29, 0.717) is 16.6 Å². The van der Waals surface area contributed by atoms with Crippen molar-refractivity contribution < 1.29 is 9.90 Å². The maximum absolute atomic E-state index is 11.8. The van der Waals surface area contributed by atoms with Gasteiger partial charge in [-0.15, -0.1) is 6.42 Å². The van der Waals surface area contributed by atoms with Gasteiger partial charge in [0.2, 0.25) is 17.7 Å². The van der Waals surface area contributed by atoms with E-state index in [1.807, 2.05) is 0 Å². The van der Waals surface area contributed by atoms with Crippen molar-refractivity contribution in [3.05, 3.63) is 11.8 Å². The van der Waals surface area contributed by atoms with Crippen molar-refractivity contribution in [2.75, 3.05) is 5.32 Å². The maximum Gasteiger partial charge on any atom is 0.234 e. The predicted molar refractivity (Wildman–Crippen MR) is 71.6 cm³/mol. The molecular formula is C13H14N4O2. The molecule has 0 fully saturated rings. The third-order valence-electron chi connectivity index (χ3n) is 2.57. The number of anilines is 1. The van der Waals surface area contributed by atoms with Gasteiger partial charge in [-0.05, 0) is 0 Å². The molecule has 0 aliphatic heterocycles. The van der Waals surface area contributed by atoms with Crippen LogP contribution >= 0.6 is 0 Å². The lowest BCUT2D eigenvalue weighted by molar-refractivity contribution is -0.123. The van der Waals surface area contributed by atoms with Crippen molar-refractivity contribution in [3.8, 4) is 18.2 Å². The summed E-state index contributed by atoms with van der Waals surface area (Å²) in [5, 5.41) is 12.8. The number of terminal acetylenes is 1. The van der Waals surface area contributed by atoms with Crippen LogP contribution in [-0.2, 0) is 4.79 Å². The monoisotopic (exact) mass is 258 g/mol. The molecule has 0 atom stereocenters. The number of fused-ring (bicyclic) bond motifs is 1. The standard InChI is InChI=1S/C13H14N4O2/c1-5-7-6-14-9-8(7)10(18)16-12(15-9)17-11(19)13(2,3)4/h1,6H,2-4H3,(H3,14,15,16,17,18,19). The lowest BCUT2D eigenvalue weighted by Gasteiger charge is -2.16. The minimum Gasteiger partial charge on any atom is -0.493 e. The number of aromatic amines is 1. The van der Waals surface area contributed by atoms with Crippen molar-refractivity contribution in [3.63, 3.8) is 0 Å². The minimum atomic E-state index is -0.576. The first-order chi connectivity index (χ1) is 8.82. The number of nitrogens with one attached hydrogen (secondary N) is 2. The average Bonchev–Trinajstić information content (AvgIpc) is 2.71. The van der Waals surface area contributed by atoms with E-state index >= 15 is 0 Å². The molecule has 19 heavy (non-hydrogen) atoms. The van der Waals surface area contributed by atoms with E-state index in [0.717, 1.165) is 0 Å². The normalized spacial score (nSPS) is 11.3. The second kappa shape index (κ2) is 4.28. The number of nitrogens with zero attached hydrogens (tertiary/aromatic N) is 2. The van der Waals surface area contributed by atoms with Crippen LogP contribution in [0.1, 0.15) is 26.3 Å². The van der Waals surface area contributed by atoms with Crippen LogP contribution in [0.15, 0.2) is 6.20 Å². The summed E-state index contributed by atoms with van der Waals surface area (Å²) < 4.78 is 0. The number of rotatable bonds is 1. The van der Waals surface area contributed by atoms with E-state index in [1.165, 1.54) is 0 Å². The second-order valence-electron chi connectivity index (χ2n) is 5.15. The molecule has 6 nitrogen and oxygen atoms in total. The molecule has 3 N–H and O–H groups in total. The largest absolute Gasteiger partial charge is 0.493 e. The van der Waals surface area contributed by atoms with Gasteiger partial charge >= 0.3 is 0 Å². The number of aromatic hydroxyl groups is 1. The quantitative estimate of drug-likeness (QED) is 0.678. The summed E-state index contributed by atoms with van der Waals surface area (Å²) in [6, 6.07) is 0. The van der Waals surface area contributed by atoms with Crippen LogP contribution in [0.4, 0.5) is 5.95 Å². The zero-order valence-electron chi connectivity index (χ0n) is 10.9. The molecule has 0 aliphatic carbocycles. The van der Waals surface area contributed by atoms with Crippen molar-refractivity contribution in [1.29, 1.82) is 0 Å². The van der Waals surface area contributed by atoms with E-state index in [4.69, 9.17) is 6.42 Å². The molecule has 2 aromatic heterocycles. The van der Waals surface area contributed by atoms with E-state index in [1.54, 1.807) is 27.0 Å². The number of carbonyl (C=O) groups is 1. The molecule has 0 aromatic carbocycles. The summed E-state index contributed by atoms with van der Waals surface area (Å²) in [6.45, 7) is 5.31. The highest BCUT2D eigenvalue weighted by atomic mass is 16.3. The Balaban J connectivity index is 2.43. The number of aromatic nitrogens is 3. The minimum absolute atomic E-state index is 0.0374. The molecule has 0 bridgehead atoms. The fourth-order valence-electron chi connectivity index (χ4n) is 1.47. The van der Waals surface area contributed by atoms with Gasteiger partial charge in [0.05, 0.1) is 10.9 Å². The van der Waals surface area contributed by atoms with E-state index < -0.39 is 5.41 Å². The van der Waals surface area contributed by atoms with Gasteiger partial charge in [0, 0.05) is 11.6 Å². The zero-order chi connectivity index (χ0) is 14.2. The van der Waals surface area contributed by atoms with Gasteiger partial charge in [-0.2, -0.15) is 9.97 Å². The molecule has 98 valence electrons. The molecule has 0 spiro atoms. The van der Waals surface area contributed by atoms with Crippen LogP contribution in [0.3, 0.4) is 0 Å². The molecule has 2 aromatic rings. The summed E-state index contributed by atoms with van der Waals surface area (Å²) in [7, 11) is 0. The van der Waals surface area contributed by atoms with Crippen LogP contribution < -0.4 is 5.32 Å². The third-order valence-corrected chi connectivity index (χ3v) is 2.57. The number of carbonyl (C=O) groups excluding carboxylic acids is 1. The first-order valence-electron chi connectivity index (χ1n) is 5.69. The third kappa shape index (κ3) is 2.36. The van der Waals surface area contributed by atoms with Crippen LogP contribution in [0.25, 0.3) is 11.0 Å². The molecule has 2 heterocycles. The first-order valence-corrected chi connectivity index (χ1v) is 5.69. The molecule has 0 saturated heterocycles.